The molecular formula is C14H21NOS. The van der Waals surface area contributed by atoms with Crippen LogP contribution in [-0.2, 0) is 11.0 Å². The summed E-state index contributed by atoms with van der Waals surface area (Å²) >= 11 is 0. The van der Waals surface area contributed by atoms with Crippen molar-refractivity contribution < 1.29 is 4.21 Å². The zero-order valence-electron chi connectivity index (χ0n) is 11.1. The first-order valence-electron chi connectivity index (χ1n) is 6.00. The number of benzene rings is 1. The Kier molecular flexibility index (Phi) is 5.06. The molecule has 1 rings (SSSR count). The molecule has 0 saturated heterocycles. The summed E-state index contributed by atoms with van der Waals surface area (Å²) in [7, 11) is -1.18. The van der Waals surface area contributed by atoms with E-state index in [-0.39, 0.29) is 4.75 Å². The van der Waals surface area contributed by atoms with Gasteiger partial charge in [0.05, 0.1) is 10.5 Å². The zero-order valence-corrected chi connectivity index (χ0v) is 11.9. The Morgan fingerprint density at radius 3 is 2.29 bits per heavy atom. The average molecular weight is 251 g/mol. The second kappa shape index (κ2) is 6.10. The van der Waals surface area contributed by atoms with Gasteiger partial charge in [0.2, 0.25) is 0 Å². The molecule has 0 aliphatic heterocycles. The molecule has 0 bridgehead atoms. The molecule has 1 atom stereocenters. The van der Waals surface area contributed by atoms with E-state index in [1.54, 1.807) is 0 Å². The molecule has 17 heavy (non-hydrogen) atoms. The highest BCUT2D eigenvalue weighted by Gasteiger charge is 2.19. The third kappa shape index (κ3) is 4.43. The summed E-state index contributed by atoms with van der Waals surface area (Å²) in [5, 5.41) is 0. The zero-order chi connectivity index (χ0) is 12.9. The molecule has 0 spiro atoms. The molecule has 0 N–H and O–H groups in total. The van der Waals surface area contributed by atoms with Crippen LogP contribution in [0.2, 0.25) is 0 Å². The minimum atomic E-state index is -1.18. The quantitative estimate of drug-likeness (QED) is 0.750. The Bertz CT molecular complexity index is 404. The molecule has 0 fully saturated rings. The third-order valence-electron chi connectivity index (χ3n) is 2.31. The van der Waals surface area contributed by atoms with Gasteiger partial charge in [-0.1, -0.05) is 43.7 Å². The van der Waals surface area contributed by atoms with Crippen molar-refractivity contribution in [2.75, 3.05) is 0 Å². The molecule has 0 aliphatic carbocycles. The lowest BCUT2D eigenvalue weighted by Gasteiger charge is -2.15. The molecule has 0 saturated carbocycles. The predicted octanol–water partition coefficient (Wildman–Crippen LogP) is 3.74. The fourth-order valence-electron chi connectivity index (χ4n) is 1.35. The van der Waals surface area contributed by atoms with E-state index in [1.807, 2.05) is 51.1 Å². The summed E-state index contributed by atoms with van der Waals surface area (Å²) in [5.41, 5.74) is 2.02. The van der Waals surface area contributed by atoms with Gasteiger partial charge >= 0.3 is 0 Å². The van der Waals surface area contributed by atoms with E-state index in [0.29, 0.717) is 0 Å². The lowest BCUT2D eigenvalue weighted by atomic mass is 10.1. The van der Waals surface area contributed by atoms with Crippen LogP contribution in [0.25, 0.3) is 0 Å². The van der Waals surface area contributed by atoms with Crippen LogP contribution in [0.1, 0.15) is 46.1 Å². The fourth-order valence-corrected chi connectivity index (χ4v) is 2.02. The van der Waals surface area contributed by atoms with Gasteiger partial charge in [-0.05, 0) is 32.8 Å². The maximum Gasteiger partial charge on any atom is 0.145 e. The van der Waals surface area contributed by atoms with Crippen LogP contribution in [0.3, 0.4) is 0 Å². The Morgan fingerprint density at radius 2 is 1.82 bits per heavy atom. The molecule has 1 aromatic rings. The first-order valence-corrected chi connectivity index (χ1v) is 7.11. The van der Waals surface area contributed by atoms with E-state index in [0.717, 1.165) is 24.1 Å². The maximum atomic E-state index is 12.0. The third-order valence-corrected chi connectivity index (χ3v) is 3.74. The molecule has 0 amide bonds. The first kappa shape index (κ1) is 14.1. The lowest BCUT2D eigenvalue weighted by Crippen LogP contribution is -2.21. The van der Waals surface area contributed by atoms with Crippen LogP contribution >= 0.6 is 0 Å². The van der Waals surface area contributed by atoms with E-state index in [1.165, 1.54) is 0 Å². The topological polar surface area (TPSA) is 29.4 Å². The van der Waals surface area contributed by atoms with Gasteiger partial charge in [-0.2, -0.15) is 4.40 Å². The number of hydrogen-bond donors (Lipinski definition) is 0. The second-order valence-corrected chi connectivity index (χ2v) is 6.92. The van der Waals surface area contributed by atoms with Crippen molar-refractivity contribution in [1.82, 2.24) is 0 Å². The van der Waals surface area contributed by atoms with Crippen molar-refractivity contribution in [1.29, 1.82) is 0 Å². The molecule has 0 aliphatic rings. The molecule has 1 aromatic carbocycles. The van der Waals surface area contributed by atoms with Crippen molar-refractivity contribution in [3.63, 3.8) is 0 Å². The molecular weight excluding hydrogens is 230 g/mol. The highest BCUT2D eigenvalue weighted by atomic mass is 32.2. The monoisotopic (exact) mass is 251 g/mol. The smallest absolute Gasteiger partial charge is 0.145 e. The summed E-state index contributed by atoms with van der Waals surface area (Å²) in [6, 6.07) is 10.00. The van der Waals surface area contributed by atoms with Gasteiger partial charge in [-0.25, -0.2) is 4.21 Å². The summed E-state index contributed by atoms with van der Waals surface area (Å²) in [4.78, 5) is 0. The van der Waals surface area contributed by atoms with Crippen LogP contribution in [0, 0.1) is 0 Å². The second-order valence-electron chi connectivity index (χ2n) is 5.02. The van der Waals surface area contributed by atoms with E-state index in [4.69, 9.17) is 0 Å². The van der Waals surface area contributed by atoms with Crippen LogP contribution in [0.4, 0.5) is 0 Å². The van der Waals surface area contributed by atoms with Gasteiger partial charge in [0.15, 0.2) is 0 Å². The Hall–Kier alpha value is -0.960. The van der Waals surface area contributed by atoms with Crippen LogP contribution < -0.4 is 0 Å². The minimum Gasteiger partial charge on any atom is -0.234 e. The molecule has 0 radical (unpaired) electrons. The first-order chi connectivity index (χ1) is 7.95. The number of rotatable bonds is 4. The van der Waals surface area contributed by atoms with Gasteiger partial charge in [0.25, 0.3) is 0 Å². The van der Waals surface area contributed by atoms with Crippen molar-refractivity contribution in [2.24, 2.45) is 4.40 Å². The van der Waals surface area contributed by atoms with Crippen molar-refractivity contribution in [2.45, 2.75) is 45.3 Å². The molecule has 0 heterocycles. The van der Waals surface area contributed by atoms with Gasteiger partial charge in [-0.15, -0.1) is 0 Å². The van der Waals surface area contributed by atoms with Crippen molar-refractivity contribution in [3.05, 3.63) is 35.9 Å². The van der Waals surface area contributed by atoms with Crippen LogP contribution in [0.15, 0.2) is 34.7 Å². The molecule has 3 heteroatoms. The number of hydrogen-bond acceptors (Lipinski definition) is 1. The van der Waals surface area contributed by atoms with Crippen LogP contribution in [0.5, 0.6) is 0 Å². The van der Waals surface area contributed by atoms with E-state index in [2.05, 4.69) is 11.3 Å². The summed E-state index contributed by atoms with van der Waals surface area (Å²) < 4.78 is 16.1. The summed E-state index contributed by atoms with van der Waals surface area (Å²) in [5.74, 6) is 0. The van der Waals surface area contributed by atoms with Crippen LogP contribution in [-0.4, -0.2) is 14.7 Å². The maximum absolute atomic E-state index is 12.0. The minimum absolute atomic E-state index is 0.298. The molecule has 1 unspecified atom stereocenters. The van der Waals surface area contributed by atoms with Gasteiger partial charge in [-0.3, -0.25) is 0 Å². The normalized spacial score (nSPS) is 14.7. The average Bonchev–Trinajstić information content (AvgIpc) is 2.28. The largest absolute Gasteiger partial charge is 0.234 e. The summed E-state index contributed by atoms with van der Waals surface area (Å²) in [6.07, 6.45) is 1.88. The van der Waals surface area contributed by atoms with Crippen molar-refractivity contribution >= 4 is 16.7 Å². The Morgan fingerprint density at radius 1 is 1.24 bits per heavy atom. The summed E-state index contributed by atoms with van der Waals surface area (Å²) in [6.45, 7) is 7.95. The van der Waals surface area contributed by atoms with E-state index in [9.17, 15) is 4.21 Å². The predicted molar refractivity (Wildman–Crippen MR) is 75.8 cm³/mol. The molecule has 2 nitrogen and oxygen atoms in total. The highest BCUT2D eigenvalue weighted by Crippen LogP contribution is 2.15. The highest BCUT2D eigenvalue weighted by molar-refractivity contribution is 7.85. The van der Waals surface area contributed by atoms with E-state index < -0.39 is 11.0 Å². The SMILES string of the molecule is CCCC(=NS(=O)C(C)(C)C)c1ccccc1. The lowest BCUT2D eigenvalue weighted by molar-refractivity contribution is 0.650. The Balaban J connectivity index is 3.02. The Labute approximate surface area is 107 Å². The number of nitrogens with zero attached hydrogens (tertiary/aromatic N) is 1. The molecule has 0 aromatic heterocycles. The molecule has 94 valence electrons. The van der Waals surface area contributed by atoms with Gasteiger partial charge in [0.1, 0.15) is 11.0 Å². The fraction of sp³-hybridized carbons (Fsp3) is 0.500. The van der Waals surface area contributed by atoms with Gasteiger partial charge < -0.3 is 0 Å². The standard InChI is InChI=1S/C14H21NOS/c1-5-9-13(12-10-7-6-8-11-12)15-17(16)14(2,3)4/h6-8,10-11H,5,9H2,1-4H3. The van der Waals surface area contributed by atoms with Crippen molar-refractivity contribution in [3.8, 4) is 0 Å². The van der Waals surface area contributed by atoms with Gasteiger partial charge in [0, 0.05) is 0 Å². The van der Waals surface area contributed by atoms with E-state index >= 15 is 0 Å².